The minimum atomic E-state index is 0.0991. The summed E-state index contributed by atoms with van der Waals surface area (Å²) in [5.74, 6) is 0.876. The molecular weight excluding hydrogens is 426 g/mol. The van der Waals surface area contributed by atoms with Crippen molar-refractivity contribution in [2.45, 2.75) is 19.4 Å². The van der Waals surface area contributed by atoms with Crippen molar-refractivity contribution in [3.8, 4) is 11.5 Å². The Kier molecular flexibility index (Phi) is 7.96. The zero-order valence-corrected chi connectivity index (χ0v) is 18.0. The Morgan fingerprint density at radius 3 is 2.64 bits per heavy atom. The number of carbonyl (C=O) groups excluding carboxylic acids is 1. The topological polar surface area (TPSA) is 74.3 Å². The van der Waals surface area contributed by atoms with E-state index in [-0.39, 0.29) is 17.6 Å². The van der Waals surface area contributed by atoms with Gasteiger partial charge < -0.3 is 19.9 Å². The molecule has 0 aromatic heterocycles. The van der Waals surface area contributed by atoms with Crippen molar-refractivity contribution in [3.05, 3.63) is 22.2 Å². The van der Waals surface area contributed by atoms with Gasteiger partial charge in [0, 0.05) is 38.6 Å². The van der Waals surface area contributed by atoms with Crippen LogP contribution in [-0.4, -0.2) is 80.4 Å². The molecule has 1 aromatic carbocycles. The van der Waals surface area contributed by atoms with Crippen molar-refractivity contribution in [1.29, 1.82) is 0 Å². The number of morpholine rings is 1. The molecule has 28 heavy (non-hydrogen) atoms. The predicted octanol–water partition coefficient (Wildman–Crippen LogP) is 1.82. The van der Waals surface area contributed by atoms with E-state index in [1.165, 1.54) is 0 Å². The maximum Gasteiger partial charge on any atom is 0.223 e. The highest BCUT2D eigenvalue weighted by molar-refractivity contribution is 9.10. The largest absolute Gasteiger partial charge is 0.503 e. The van der Waals surface area contributed by atoms with Crippen LogP contribution < -0.4 is 10.1 Å². The number of benzene rings is 1. The van der Waals surface area contributed by atoms with E-state index in [4.69, 9.17) is 9.47 Å². The standard InChI is InChI=1S/C20H30BrN3O4/c1-27-18-13-15(12-17(21)19(18)25)14-24-5-2-16(3-6-24)20(26)22-4-7-23-8-10-28-11-9-23/h12-13,16,25H,2-11,14H2,1H3,(H,22,26). The van der Waals surface area contributed by atoms with E-state index >= 15 is 0 Å². The lowest BCUT2D eigenvalue weighted by Gasteiger charge is -2.32. The van der Waals surface area contributed by atoms with Crippen LogP contribution in [0.2, 0.25) is 0 Å². The third-order valence-corrected chi connectivity index (χ3v) is 6.11. The van der Waals surface area contributed by atoms with Crippen molar-refractivity contribution in [3.63, 3.8) is 0 Å². The Labute approximate surface area is 175 Å². The third kappa shape index (κ3) is 5.83. The molecule has 0 unspecified atom stereocenters. The number of methoxy groups -OCH3 is 1. The molecule has 0 bridgehead atoms. The first-order valence-corrected chi connectivity index (χ1v) is 10.7. The highest BCUT2D eigenvalue weighted by Gasteiger charge is 2.25. The Morgan fingerprint density at radius 1 is 1.25 bits per heavy atom. The fourth-order valence-electron chi connectivity index (χ4n) is 3.79. The number of nitrogens with zero attached hydrogens (tertiary/aromatic N) is 2. The zero-order valence-electron chi connectivity index (χ0n) is 16.5. The maximum atomic E-state index is 12.4. The number of nitrogens with one attached hydrogen (secondary N) is 1. The second kappa shape index (κ2) is 10.4. The van der Waals surface area contributed by atoms with Crippen molar-refractivity contribution in [1.82, 2.24) is 15.1 Å². The first kappa shape index (κ1) is 21.4. The number of phenols is 1. The van der Waals surface area contributed by atoms with Crippen molar-refractivity contribution in [2.75, 3.05) is 59.6 Å². The second-order valence-electron chi connectivity index (χ2n) is 7.42. The Bertz CT molecular complexity index is 659. The molecule has 156 valence electrons. The highest BCUT2D eigenvalue weighted by atomic mass is 79.9. The van der Waals surface area contributed by atoms with Crippen molar-refractivity contribution in [2.24, 2.45) is 5.92 Å². The van der Waals surface area contributed by atoms with Gasteiger partial charge >= 0.3 is 0 Å². The normalized spacial score (nSPS) is 19.5. The molecule has 2 aliphatic heterocycles. The van der Waals surface area contributed by atoms with Gasteiger partial charge in [0.05, 0.1) is 24.8 Å². The van der Waals surface area contributed by atoms with E-state index in [0.29, 0.717) is 16.8 Å². The summed E-state index contributed by atoms with van der Waals surface area (Å²) in [4.78, 5) is 17.1. The van der Waals surface area contributed by atoms with E-state index in [1.807, 2.05) is 12.1 Å². The summed E-state index contributed by atoms with van der Waals surface area (Å²) in [5.41, 5.74) is 1.08. The SMILES string of the molecule is COc1cc(CN2CCC(C(=O)NCCN3CCOCC3)CC2)cc(Br)c1O. The van der Waals surface area contributed by atoms with Gasteiger partial charge in [-0.25, -0.2) is 0 Å². The van der Waals surface area contributed by atoms with Gasteiger partial charge in [-0.1, -0.05) is 0 Å². The van der Waals surface area contributed by atoms with Gasteiger partial charge in [-0.05, 0) is 59.6 Å². The van der Waals surface area contributed by atoms with Crippen LogP contribution in [0.25, 0.3) is 0 Å². The molecule has 0 atom stereocenters. The molecule has 3 rings (SSSR count). The molecule has 2 aliphatic rings. The average molecular weight is 456 g/mol. The van der Waals surface area contributed by atoms with Crippen LogP contribution in [0.15, 0.2) is 16.6 Å². The summed E-state index contributed by atoms with van der Waals surface area (Å²) in [6.07, 6.45) is 1.75. The quantitative estimate of drug-likeness (QED) is 0.653. The number of halogens is 1. The van der Waals surface area contributed by atoms with Gasteiger partial charge in [0.2, 0.25) is 5.91 Å². The molecule has 2 saturated heterocycles. The van der Waals surface area contributed by atoms with E-state index in [2.05, 4.69) is 31.0 Å². The molecule has 8 heteroatoms. The summed E-state index contributed by atoms with van der Waals surface area (Å²) in [7, 11) is 1.55. The number of likely N-dealkylation sites (tertiary alicyclic amines) is 1. The minimum absolute atomic E-state index is 0.0991. The summed E-state index contributed by atoms with van der Waals surface area (Å²) >= 11 is 3.37. The first-order valence-electron chi connectivity index (χ1n) is 9.92. The van der Waals surface area contributed by atoms with Crippen LogP contribution in [0.5, 0.6) is 11.5 Å². The molecule has 0 saturated carbocycles. The van der Waals surface area contributed by atoms with Gasteiger partial charge in [-0.2, -0.15) is 0 Å². The van der Waals surface area contributed by atoms with Crippen LogP contribution >= 0.6 is 15.9 Å². The number of ether oxygens (including phenoxy) is 2. The highest BCUT2D eigenvalue weighted by Crippen LogP contribution is 2.35. The zero-order chi connectivity index (χ0) is 19.9. The molecule has 2 N–H and O–H groups in total. The molecule has 7 nitrogen and oxygen atoms in total. The first-order chi connectivity index (χ1) is 13.6. The number of piperidine rings is 1. The fraction of sp³-hybridized carbons (Fsp3) is 0.650. The summed E-state index contributed by atoms with van der Waals surface area (Å²) in [6, 6.07) is 3.78. The Balaban J connectivity index is 1.40. The maximum absolute atomic E-state index is 12.4. The van der Waals surface area contributed by atoms with Gasteiger partial charge in [-0.15, -0.1) is 0 Å². The van der Waals surface area contributed by atoms with Crippen LogP contribution in [0, 0.1) is 5.92 Å². The van der Waals surface area contributed by atoms with E-state index in [0.717, 1.165) is 70.9 Å². The third-order valence-electron chi connectivity index (χ3n) is 5.50. The van der Waals surface area contributed by atoms with Crippen molar-refractivity contribution >= 4 is 21.8 Å². The van der Waals surface area contributed by atoms with Gasteiger partial charge in [0.1, 0.15) is 0 Å². The van der Waals surface area contributed by atoms with Gasteiger partial charge in [0.25, 0.3) is 0 Å². The van der Waals surface area contributed by atoms with Crippen LogP contribution in [0.3, 0.4) is 0 Å². The summed E-state index contributed by atoms with van der Waals surface area (Å²) in [6.45, 7) is 7.64. The number of hydrogen-bond acceptors (Lipinski definition) is 6. The number of amides is 1. The van der Waals surface area contributed by atoms with Gasteiger partial charge in [0.15, 0.2) is 11.5 Å². The fourth-order valence-corrected chi connectivity index (χ4v) is 4.28. The Hall–Kier alpha value is -1.35. The second-order valence-corrected chi connectivity index (χ2v) is 8.28. The van der Waals surface area contributed by atoms with E-state index in [9.17, 15) is 9.90 Å². The lowest BCUT2D eigenvalue weighted by atomic mass is 9.95. The average Bonchev–Trinajstić information content (AvgIpc) is 2.72. The van der Waals surface area contributed by atoms with E-state index < -0.39 is 0 Å². The van der Waals surface area contributed by atoms with E-state index in [1.54, 1.807) is 7.11 Å². The lowest BCUT2D eigenvalue weighted by Crippen LogP contribution is -2.44. The van der Waals surface area contributed by atoms with Crippen molar-refractivity contribution < 1.29 is 19.4 Å². The molecule has 2 fully saturated rings. The lowest BCUT2D eigenvalue weighted by molar-refractivity contribution is -0.126. The minimum Gasteiger partial charge on any atom is -0.503 e. The molecular formula is C20H30BrN3O4. The van der Waals surface area contributed by atoms with Crippen LogP contribution in [-0.2, 0) is 16.1 Å². The molecule has 1 aromatic rings. The molecule has 1 amide bonds. The molecule has 0 aliphatic carbocycles. The number of rotatable bonds is 7. The molecule has 2 heterocycles. The molecule has 0 radical (unpaired) electrons. The monoisotopic (exact) mass is 455 g/mol. The number of hydrogen-bond donors (Lipinski definition) is 2. The van der Waals surface area contributed by atoms with Gasteiger partial charge in [-0.3, -0.25) is 14.6 Å². The number of phenolic OH excluding ortho intramolecular Hbond substituents is 1. The summed E-state index contributed by atoms with van der Waals surface area (Å²) in [5, 5.41) is 13.0. The predicted molar refractivity (Wildman–Crippen MR) is 111 cm³/mol. The van der Waals surface area contributed by atoms with Crippen LogP contribution in [0.4, 0.5) is 0 Å². The smallest absolute Gasteiger partial charge is 0.223 e. The Morgan fingerprint density at radius 2 is 1.96 bits per heavy atom. The summed E-state index contributed by atoms with van der Waals surface area (Å²) < 4.78 is 11.2. The number of aromatic hydroxyl groups is 1. The van der Waals surface area contributed by atoms with Crippen LogP contribution in [0.1, 0.15) is 18.4 Å². The molecule has 0 spiro atoms. The number of carbonyl (C=O) groups is 1.